The summed E-state index contributed by atoms with van der Waals surface area (Å²) < 4.78 is 67.4. The van der Waals surface area contributed by atoms with Gasteiger partial charge >= 0.3 is 14.3 Å². The highest BCUT2D eigenvalue weighted by Crippen LogP contribution is 2.43. The van der Waals surface area contributed by atoms with Crippen LogP contribution in [0.3, 0.4) is 0 Å². The van der Waals surface area contributed by atoms with Crippen molar-refractivity contribution < 1.29 is 46.1 Å². The molecule has 0 saturated carbocycles. The molecule has 0 radical (unpaired) electrons. The molecule has 4 rings (SSSR count). The van der Waals surface area contributed by atoms with Gasteiger partial charge in [0.15, 0.2) is 0 Å². The third-order valence-corrected chi connectivity index (χ3v) is 6.34. The molecule has 212 valence electrons. The molecule has 1 fully saturated rings. The number of hydrogen-bond acceptors (Lipinski definition) is 9. The van der Waals surface area contributed by atoms with Crippen molar-refractivity contribution in [3.8, 4) is 23.0 Å². The van der Waals surface area contributed by atoms with Crippen LogP contribution in [0, 0.1) is 5.82 Å². The zero-order valence-corrected chi connectivity index (χ0v) is 21.7. The second-order valence-corrected chi connectivity index (χ2v) is 8.80. The Bertz CT molecular complexity index is 1240. The van der Waals surface area contributed by atoms with Crippen LogP contribution in [0.2, 0.25) is 0 Å². The van der Waals surface area contributed by atoms with Crippen LogP contribution in [0.5, 0.6) is 23.0 Å². The van der Waals surface area contributed by atoms with Crippen LogP contribution in [-0.4, -0.2) is 54.6 Å². The molecule has 1 aliphatic heterocycles. The molecular formula is C24H26F3N2O9P. The van der Waals surface area contributed by atoms with Crippen LogP contribution in [0.25, 0.3) is 0 Å². The molecule has 1 aromatic heterocycles. The predicted octanol–water partition coefficient (Wildman–Crippen LogP) is 3.63. The molecule has 11 nitrogen and oxygen atoms in total. The van der Waals surface area contributed by atoms with Gasteiger partial charge in [-0.1, -0.05) is 0 Å². The summed E-state index contributed by atoms with van der Waals surface area (Å²) in [4.78, 5) is 25.2. The summed E-state index contributed by atoms with van der Waals surface area (Å²) in [7, 11) is 1.09. The van der Waals surface area contributed by atoms with Crippen molar-refractivity contribution in [2.24, 2.45) is 0 Å². The maximum atomic E-state index is 13.7. The maximum Gasteiger partial charge on any atom is 0.463 e. The van der Waals surface area contributed by atoms with Crippen LogP contribution >= 0.6 is 8.60 Å². The maximum absolute atomic E-state index is 13.7. The van der Waals surface area contributed by atoms with Crippen LogP contribution in [0.15, 0.2) is 64.3 Å². The summed E-state index contributed by atoms with van der Waals surface area (Å²) in [5, 5.41) is 10.5. The highest BCUT2D eigenvalue weighted by Gasteiger charge is 2.37. The lowest BCUT2D eigenvalue weighted by molar-refractivity contribution is -0.0423. The lowest BCUT2D eigenvalue weighted by Gasteiger charge is -2.21. The number of halogens is 3. The number of hydrogen-bond donors (Lipinski definition) is 2. The Hall–Kier alpha value is -3.58. The highest BCUT2D eigenvalue weighted by molar-refractivity contribution is 7.42. The smallest absolute Gasteiger partial charge is 0.463 e. The van der Waals surface area contributed by atoms with Crippen molar-refractivity contribution in [2.45, 2.75) is 24.9 Å². The molecule has 0 amide bonds. The van der Waals surface area contributed by atoms with Gasteiger partial charge in [-0.15, -0.1) is 0 Å². The van der Waals surface area contributed by atoms with E-state index >= 15 is 0 Å². The normalized spacial score (nSPS) is 18.3. The summed E-state index contributed by atoms with van der Waals surface area (Å²) in [5.74, 6) is 1.06. The van der Waals surface area contributed by atoms with Crippen LogP contribution in [0.4, 0.5) is 13.2 Å². The highest BCUT2D eigenvalue weighted by atomic mass is 31.2. The van der Waals surface area contributed by atoms with Gasteiger partial charge in [-0.3, -0.25) is 18.9 Å². The fraction of sp³-hybridized carbons (Fsp3) is 0.333. The third-order valence-electron chi connectivity index (χ3n) is 5.26. The van der Waals surface area contributed by atoms with Crippen LogP contribution < -0.4 is 29.8 Å². The minimum atomic E-state index is -2.01. The predicted molar refractivity (Wildman–Crippen MR) is 133 cm³/mol. The van der Waals surface area contributed by atoms with E-state index in [4.69, 9.17) is 27.8 Å². The number of aliphatic hydroxyl groups excluding tert-OH is 1. The van der Waals surface area contributed by atoms with Crippen molar-refractivity contribution in [3.05, 3.63) is 81.4 Å². The first-order valence-electron chi connectivity index (χ1n) is 11.3. The monoisotopic (exact) mass is 574 g/mol. The molecule has 15 heteroatoms. The Morgan fingerprint density at radius 1 is 0.974 bits per heavy atom. The van der Waals surface area contributed by atoms with Crippen molar-refractivity contribution >= 4 is 8.60 Å². The first-order chi connectivity index (χ1) is 18.8. The molecule has 0 bridgehead atoms. The summed E-state index contributed by atoms with van der Waals surface area (Å²) >= 11 is 0. The molecule has 3 atom stereocenters. The number of ether oxygens (including phenoxy) is 3. The fourth-order valence-electron chi connectivity index (χ4n) is 3.36. The Morgan fingerprint density at radius 3 is 1.95 bits per heavy atom. The number of aromatic nitrogens is 2. The summed E-state index contributed by atoms with van der Waals surface area (Å²) in [6.45, 7) is -1.91. The SMILES string of the molecule is COc1ccc(OP(OCC2OC(n3cc(F)c(=O)[nH]c3=O)CC2O)Oc2ccc(OC)cc2)cc1.FCF. The topological polar surface area (TPSA) is 130 Å². The largest absolute Gasteiger partial charge is 0.497 e. The molecule has 3 aromatic rings. The number of benzene rings is 2. The van der Waals surface area contributed by atoms with Gasteiger partial charge in [-0.25, -0.2) is 13.6 Å². The number of rotatable bonds is 10. The van der Waals surface area contributed by atoms with E-state index in [0.717, 1.165) is 10.8 Å². The zero-order chi connectivity index (χ0) is 28.4. The lowest BCUT2D eigenvalue weighted by Crippen LogP contribution is -2.34. The van der Waals surface area contributed by atoms with Gasteiger partial charge in [-0.05, 0) is 48.5 Å². The van der Waals surface area contributed by atoms with E-state index in [1.54, 1.807) is 62.8 Å². The Labute approximate surface area is 221 Å². The van der Waals surface area contributed by atoms with Crippen molar-refractivity contribution in [1.29, 1.82) is 0 Å². The van der Waals surface area contributed by atoms with Crippen molar-refractivity contribution in [2.75, 3.05) is 27.8 Å². The van der Waals surface area contributed by atoms with E-state index in [2.05, 4.69) is 0 Å². The van der Waals surface area contributed by atoms with E-state index in [-0.39, 0.29) is 13.0 Å². The molecule has 3 unspecified atom stereocenters. The summed E-state index contributed by atoms with van der Waals surface area (Å²) in [6, 6.07) is 13.6. The van der Waals surface area contributed by atoms with Gasteiger partial charge in [0.1, 0.15) is 35.3 Å². The quantitative estimate of drug-likeness (QED) is 0.349. The number of aliphatic hydroxyl groups is 1. The minimum Gasteiger partial charge on any atom is -0.497 e. The Kier molecular flexibility index (Phi) is 11.2. The summed E-state index contributed by atoms with van der Waals surface area (Å²) in [5.41, 5.74) is -1.99. The standard InChI is InChI=1S/C23H24FN2O9P.CH2F2/c1-30-14-3-7-16(8-4-14)34-36(35-17-9-5-15(31-2)6-10-17)32-13-20-19(27)11-21(33-20)26-12-18(24)22(28)25-23(26)29;2-1-3/h3-10,12,19-21,27H,11,13H2,1-2H3,(H,25,28,29);1H2. The summed E-state index contributed by atoms with van der Waals surface area (Å²) in [6.07, 6.45) is -2.18. The van der Waals surface area contributed by atoms with Gasteiger partial charge in [0.2, 0.25) is 12.7 Å². The van der Waals surface area contributed by atoms with E-state index in [1.165, 1.54) is 0 Å². The molecule has 1 aliphatic rings. The average molecular weight is 574 g/mol. The number of methoxy groups -OCH3 is 2. The number of nitrogens with one attached hydrogen (secondary N) is 1. The van der Waals surface area contributed by atoms with Gasteiger partial charge in [0.25, 0.3) is 5.56 Å². The first-order valence-corrected chi connectivity index (χ1v) is 12.4. The number of nitrogens with zero attached hydrogens (tertiary/aromatic N) is 1. The van der Waals surface area contributed by atoms with E-state index in [1.807, 2.05) is 4.98 Å². The molecule has 2 aromatic carbocycles. The number of aromatic amines is 1. The molecule has 1 saturated heterocycles. The van der Waals surface area contributed by atoms with Crippen molar-refractivity contribution in [3.63, 3.8) is 0 Å². The molecule has 0 aliphatic carbocycles. The van der Waals surface area contributed by atoms with E-state index < -0.39 is 51.0 Å². The lowest BCUT2D eigenvalue weighted by atomic mass is 10.2. The van der Waals surface area contributed by atoms with E-state index in [0.29, 0.717) is 23.0 Å². The van der Waals surface area contributed by atoms with Gasteiger partial charge in [0, 0.05) is 6.42 Å². The average Bonchev–Trinajstić information content (AvgIpc) is 3.30. The van der Waals surface area contributed by atoms with Crippen LogP contribution in [-0.2, 0) is 9.26 Å². The Morgan fingerprint density at radius 2 is 1.46 bits per heavy atom. The third kappa shape index (κ3) is 8.45. The van der Waals surface area contributed by atoms with Crippen molar-refractivity contribution in [1.82, 2.24) is 9.55 Å². The molecular weight excluding hydrogens is 548 g/mol. The first kappa shape index (κ1) is 30.0. The molecule has 2 heterocycles. The molecule has 39 heavy (non-hydrogen) atoms. The van der Waals surface area contributed by atoms with Gasteiger partial charge in [-0.2, -0.15) is 4.39 Å². The van der Waals surface area contributed by atoms with Crippen LogP contribution in [0.1, 0.15) is 12.6 Å². The zero-order valence-electron chi connectivity index (χ0n) is 20.8. The molecule has 2 N–H and O–H groups in total. The number of alkyl halides is 2. The number of H-pyrrole nitrogens is 1. The fourth-order valence-corrected chi connectivity index (χ4v) is 4.36. The second-order valence-electron chi connectivity index (χ2n) is 7.73. The molecule has 0 spiro atoms. The minimum absolute atomic E-state index is 0.0178. The van der Waals surface area contributed by atoms with E-state index in [9.17, 15) is 27.9 Å². The van der Waals surface area contributed by atoms with Gasteiger partial charge in [0.05, 0.1) is 33.1 Å². The Balaban J connectivity index is 0.00000134. The second kappa shape index (κ2) is 14.5. The van der Waals surface area contributed by atoms with Gasteiger partial charge < -0.3 is 28.4 Å².